The molecule has 0 unspecified atom stereocenters. The lowest BCUT2D eigenvalue weighted by atomic mass is 10.0. The third-order valence-electron chi connectivity index (χ3n) is 5.92. The van der Waals surface area contributed by atoms with Gasteiger partial charge in [0.15, 0.2) is 5.78 Å². The van der Waals surface area contributed by atoms with Crippen LogP contribution in [0.5, 0.6) is 0 Å². The normalized spacial score (nSPS) is 11.1. The van der Waals surface area contributed by atoms with Crippen LogP contribution in [0.25, 0.3) is 22.0 Å². The van der Waals surface area contributed by atoms with Crippen LogP contribution < -0.4 is 5.56 Å². The second-order valence-corrected chi connectivity index (χ2v) is 8.25. The first-order valence-electron chi connectivity index (χ1n) is 11.0. The van der Waals surface area contributed by atoms with Crippen molar-refractivity contribution < 1.29 is 13.6 Å². The molecule has 0 amide bonds. The second kappa shape index (κ2) is 9.42. The number of nitrogens with one attached hydrogen (secondary N) is 1. The van der Waals surface area contributed by atoms with Crippen molar-refractivity contribution in [3.05, 3.63) is 118 Å². The summed E-state index contributed by atoms with van der Waals surface area (Å²) < 4.78 is 28.4. The van der Waals surface area contributed by atoms with Crippen molar-refractivity contribution in [2.24, 2.45) is 0 Å². The molecule has 1 N–H and O–H groups in total. The first-order chi connectivity index (χ1) is 17.0. The summed E-state index contributed by atoms with van der Waals surface area (Å²) in [7, 11) is 0. The van der Waals surface area contributed by atoms with E-state index in [2.05, 4.69) is 15.2 Å². The van der Waals surface area contributed by atoms with Crippen LogP contribution >= 0.6 is 0 Å². The van der Waals surface area contributed by atoms with Gasteiger partial charge in [0, 0.05) is 29.8 Å². The zero-order valence-electron chi connectivity index (χ0n) is 18.5. The van der Waals surface area contributed by atoms with E-state index in [1.54, 1.807) is 42.7 Å². The number of carbonyl (C=O) groups is 1. The Kier molecular flexibility index (Phi) is 6.01. The number of fused-ring (bicyclic) bond motifs is 1. The minimum Gasteiger partial charge on any atom is -0.294 e. The van der Waals surface area contributed by atoms with Crippen molar-refractivity contribution in [1.82, 2.24) is 19.7 Å². The molecule has 0 aliphatic heterocycles. The molecular formula is C27H20F2N4O2. The number of H-pyrrole nitrogens is 1. The predicted molar refractivity (Wildman–Crippen MR) is 128 cm³/mol. The monoisotopic (exact) mass is 470 g/mol. The number of ketones is 1. The van der Waals surface area contributed by atoms with Crippen LogP contribution in [-0.4, -0.2) is 25.5 Å². The molecule has 0 radical (unpaired) electrons. The molecule has 3 aromatic carbocycles. The lowest BCUT2D eigenvalue weighted by Crippen LogP contribution is -2.21. The molecule has 0 aliphatic rings. The fourth-order valence-electron chi connectivity index (χ4n) is 3.97. The highest BCUT2D eigenvalue weighted by atomic mass is 19.1. The minimum absolute atomic E-state index is 0.106. The van der Waals surface area contributed by atoms with Gasteiger partial charge < -0.3 is 0 Å². The van der Waals surface area contributed by atoms with Crippen molar-refractivity contribution in [2.75, 3.05) is 0 Å². The van der Waals surface area contributed by atoms with E-state index in [1.165, 1.54) is 23.0 Å². The van der Waals surface area contributed by atoms with Crippen molar-refractivity contribution in [2.45, 2.75) is 19.4 Å². The number of hydrogen-bond acceptors (Lipinski definition) is 4. The molecule has 5 rings (SSSR count). The van der Waals surface area contributed by atoms with Gasteiger partial charge >= 0.3 is 0 Å². The zero-order chi connectivity index (χ0) is 24.4. The summed E-state index contributed by atoms with van der Waals surface area (Å²) in [5.74, 6) is -1.44. The Morgan fingerprint density at radius 1 is 0.971 bits per heavy atom. The number of aromatic nitrogens is 4. The smallest absolute Gasteiger partial charge is 0.261 e. The highest BCUT2D eigenvalue weighted by molar-refractivity contribution is 5.96. The van der Waals surface area contributed by atoms with Gasteiger partial charge in [0.2, 0.25) is 0 Å². The number of benzene rings is 3. The van der Waals surface area contributed by atoms with E-state index >= 15 is 0 Å². The second-order valence-electron chi connectivity index (χ2n) is 8.25. The summed E-state index contributed by atoms with van der Waals surface area (Å²) in [5, 5.41) is 7.22. The van der Waals surface area contributed by atoms with Crippen LogP contribution in [0.15, 0.2) is 84.2 Å². The van der Waals surface area contributed by atoms with E-state index in [0.717, 1.165) is 22.8 Å². The lowest BCUT2D eigenvalue weighted by molar-refractivity contribution is 0.0982. The molecule has 35 heavy (non-hydrogen) atoms. The summed E-state index contributed by atoms with van der Waals surface area (Å²) in [6, 6.07) is 15.8. The van der Waals surface area contributed by atoms with Gasteiger partial charge in [-0.1, -0.05) is 36.4 Å². The molecular weight excluding hydrogens is 450 g/mol. The van der Waals surface area contributed by atoms with Crippen LogP contribution in [0.4, 0.5) is 8.78 Å². The number of hydrogen-bond donors (Lipinski definition) is 1. The Hall–Kier alpha value is -4.46. The van der Waals surface area contributed by atoms with E-state index in [9.17, 15) is 18.4 Å². The summed E-state index contributed by atoms with van der Waals surface area (Å²) in [6.07, 6.45) is 5.25. The van der Waals surface area contributed by atoms with Gasteiger partial charge in [0.05, 0.1) is 30.0 Å². The average molecular weight is 470 g/mol. The number of aromatic amines is 1. The average Bonchev–Trinajstić information content (AvgIpc) is 3.40. The lowest BCUT2D eigenvalue weighted by Gasteiger charge is -2.09. The quantitative estimate of drug-likeness (QED) is 0.342. The molecule has 5 aromatic rings. The number of carbonyl (C=O) groups excluding carboxylic acids is 1. The Balaban J connectivity index is 1.30. The van der Waals surface area contributed by atoms with E-state index < -0.39 is 11.6 Å². The number of rotatable bonds is 7. The van der Waals surface area contributed by atoms with Gasteiger partial charge in [0.25, 0.3) is 5.56 Å². The molecule has 0 bridgehead atoms. The van der Waals surface area contributed by atoms with Crippen molar-refractivity contribution in [1.29, 1.82) is 0 Å². The van der Waals surface area contributed by atoms with Crippen LogP contribution in [0.3, 0.4) is 0 Å². The third-order valence-corrected chi connectivity index (χ3v) is 5.92. The number of halogens is 2. The molecule has 6 nitrogen and oxygen atoms in total. The van der Waals surface area contributed by atoms with Gasteiger partial charge in [-0.3, -0.25) is 19.3 Å². The summed E-state index contributed by atoms with van der Waals surface area (Å²) >= 11 is 0. The van der Waals surface area contributed by atoms with Crippen LogP contribution in [-0.2, 0) is 13.0 Å². The number of Topliss-reactive ketones (excluding diaryl/α,β-unsaturated/α-hetero) is 1. The summed E-state index contributed by atoms with van der Waals surface area (Å²) in [6.45, 7) is 0.299. The maximum atomic E-state index is 13.8. The maximum Gasteiger partial charge on any atom is 0.261 e. The van der Waals surface area contributed by atoms with Crippen LogP contribution in [0.1, 0.15) is 27.9 Å². The summed E-state index contributed by atoms with van der Waals surface area (Å²) in [4.78, 5) is 30.0. The predicted octanol–water partition coefficient (Wildman–Crippen LogP) is 4.93. The zero-order valence-corrected chi connectivity index (χ0v) is 18.5. The molecule has 0 spiro atoms. The molecule has 2 aromatic heterocycles. The minimum atomic E-state index is -0.653. The molecule has 0 saturated heterocycles. The number of nitrogens with zero attached hydrogens (tertiary/aromatic N) is 3. The third kappa shape index (κ3) is 4.77. The summed E-state index contributed by atoms with van der Waals surface area (Å²) in [5.41, 5.74) is 3.81. The SMILES string of the molecule is O=C(CCc1ccc(F)cc1F)c1ccc(Cn2cnc3ccc(-c4cn[nH]c4)cc3c2=O)cc1. The van der Waals surface area contributed by atoms with Gasteiger partial charge in [0.1, 0.15) is 11.6 Å². The topological polar surface area (TPSA) is 80.6 Å². The van der Waals surface area contributed by atoms with Gasteiger partial charge in [-0.25, -0.2) is 13.8 Å². The fraction of sp³-hybridized carbons (Fsp3) is 0.111. The molecule has 0 atom stereocenters. The maximum absolute atomic E-state index is 13.8. The van der Waals surface area contributed by atoms with Gasteiger partial charge in [-0.15, -0.1) is 0 Å². The Bertz CT molecular complexity index is 1580. The molecule has 0 fully saturated rings. The molecule has 2 heterocycles. The highest BCUT2D eigenvalue weighted by Crippen LogP contribution is 2.21. The molecule has 0 aliphatic carbocycles. The van der Waals surface area contributed by atoms with Crippen LogP contribution in [0, 0.1) is 11.6 Å². The molecule has 8 heteroatoms. The first kappa shape index (κ1) is 22.3. The van der Waals surface area contributed by atoms with Gasteiger partial charge in [-0.05, 0) is 41.3 Å². The standard InChI is InChI=1S/C27H20F2N4O2/c28-22-8-5-18(24(29)12-22)7-10-26(34)19-3-1-17(2-4-19)15-33-16-30-25-9-6-20(11-23(25)27(33)35)21-13-31-32-14-21/h1-6,8-9,11-14,16H,7,10,15H2,(H,31,32). The van der Waals surface area contributed by atoms with Gasteiger partial charge in [-0.2, -0.15) is 5.10 Å². The van der Waals surface area contributed by atoms with Crippen molar-refractivity contribution >= 4 is 16.7 Å². The van der Waals surface area contributed by atoms with E-state index in [4.69, 9.17) is 0 Å². The Morgan fingerprint density at radius 3 is 2.54 bits per heavy atom. The van der Waals surface area contributed by atoms with E-state index in [-0.39, 0.29) is 24.2 Å². The first-order valence-corrected chi connectivity index (χ1v) is 11.0. The fourth-order valence-corrected chi connectivity index (χ4v) is 3.97. The van der Waals surface area contributed by atoms with Crippen molar-refractivity contribution in [3.63, 3.8) is 0 Å². The van der Waals surface area contributed by atoms with E-state index in [1.807, 2.05) is 12.1 Å². The molecule has 174 valence electrons. The molecule has 0 saturated carbocycles. The number of aryl methyl sites for hydroxylation is 1. The largest absolute Gasteiger partial charge is 0.294 e. The highest BCUT2D eigenvalue weighted by Gasteiger charge is 2.11. The van der Waals surface area contributed by atoms with Crippen LogP contribution in [0.2, 0.25) is 0 Å². The Labute approximate surface area is 198 Å². The van der Waals surface area contributed by atoms with E-state index in [0.29, 0.717) is 28.6 Å². The Morgan fingerprint density at radius 2 is 1.80 bits per heavy atom. The van der Waals surface area contributed by atoms with Crippen molar-refractivity contribution in [3.8, 4) is 11.1 Å².